The van der Waals surface area contributed by atoms with Crippen molar-refractivity contribution in [3.8, 4) is 11.4 Å². The van der Waals surface area contributed by atoms with Crippen molar-refractivity contribution in [1.29, 1.82) is 0 Å². The highest BCUT2D eigenvalue weighted by Crippen LogP contribution is 2.33. The zero-order valence-electron chi connectivity index (χ0n) is 19.9. The monoisotopic (exact) mass is 480 g/mol. The number of likely N-dealkylation sites (N-methyl/N-ethyl adjacent to an activating group) is 1. The zero-order chi connectivity index (χ0) is 24.4. The van der Waals surface area contributed by atoms with Crippen molar-refractivity contribution in [2.24, 2.45) is 0 Å². The third-order valence-electron chi connectivity index (χ3n) is 6.49. The zero-order valence-corrected chi connectivity index (χ0v) is 19.9. The molecule has 0 radical (unpaired) electrons. The lowest BCUT2D eigenvalue weighted by atomic mass is 9.94. The largest absolute Gasteiger partial charge is 0.381 e. The highest BCUT2D eigenvalue weighted by atomic mass is 19.1. The summed E-state index contributed by atoms with van der Waals surface area (Å²) in [6, 6.07) is 3.42. The number of nitrogens with one attached hydrogen (secondary N) is 2. The second-order valence-electron chi connectivity index (χ2n) is 9.01. The van der Waals surface area contributed by atoms with Gasteiger partial charge in [0.05, 0.1) is 11.8 Å². The Morgan fingerprint density at radius 1 is 1.09 bits per heavy atom. The van der Waals surface area contributed by atoms with Gasteiger partial charge in [-0.05, 0) is 38.9 Å². The number of aromatic amines is 1. The summed E-state index contributed by atoms with van der Waals surface area (Å²) in [6.45, 7) is 6.29. The maximum absolute atomic E-state index is 14.8. The van der Waals surface area contributed by atoms with Crippen LogP contribution in [-0.2, 0) is 4.74 Å². The molecule has 3 aromatic heterocycles. The van der Waals surface area contributed by atoms with Crippen molar-refractivity contribution in [2.45, 2.75) is 25.7 Å². The molecule has 0 saturated carbocycles. The lowest BCUT2D eigenvalue weighted by Gasteiger charge is -2.32. The lowest BCUT2D eigenvalue weighted by molar-refractivity contribution is 0.0663. The summed E-state index contributed by atoms with van der Waals surface area (Å²) >= 11 is 0. The van der Waals surface area contributed by atoms with E-state index in [0.717, 1.165) is 37.8 Å². The number of hydrogen-bond acceptors (Lipinski definition) is 8. The Labute approximate surface area is 203 Å². The first-order chi connectivity index (χ1) is 17.0. The molecular weight excluding hydrogens is 451 g/mol. The number of carbonyl (C=O) groups excluding carboxylic acids is 1. The van der Waals surface area contributed by atoms with Gasteiger partial charge in [-0.15, -0.1) is 0 Å². The van der Waals surface area contributed by atoms with E-state index in [-0.39, 0.29) is 23.5 Å². The summed E-state index contributed by atoms with van der Waals surface area (Å²) < 4.78 is 20.3. The van der Waals surface area contributed by atoms with Crippen LogP contribution in [0.4, 0.5) is 16.2 Å². The van der Waals surface area contributed by atoms with Crippen LogP contribution in [0.5, 0.6) is 0 Å². The average Bonchev–Trinajstić information content (AvgIpc) is 3.27. The molecule has 2 saturated heterocycles. The third-order valence-corrected chi connectivity index (χ3v) is 6.49. The van der Waals surface area contributed by atoms with E-state index in [1.807, 2.05) is 18.9 Å². The summed E-state index contributed by atoms with van der Waals surface area (Å²) in [5.74, 6) is 0.989. The topological polar surface area (TPSA) is 112 Å². The fourth-order valence-electron chi connectivity index (χ4n) is 4.47. The molecule has 11 heteroatoms. The minimum absolute atomic E-state index is 0.0352. The number of aromatic nitrogens is 5. The lowest BCUT2D eigenvalue weighted by Crippen LogP contribution is -2.47. The van der Waals surface area contributed by atoms with Crippen LogP contribution in [0, 0.1) is 12.7 Å². The predicted molar refractivity (Wildman–Crippen MR) is 128 cm³/mol. The van der Waals surface area contributed by atoms with Gasteiger partial charge >= 0.3 is 0 Å². The predicted octanol–water partition coefficient (Wildman–Crippen LogP) is 2.73. The molecule has 2 N–H and O–H groups in total. The maximum Gasteiger partial charge on any atom is 0.255 e. The average molecular weight is 481 g/mol. The molecule has 0 spiro atoms. The van der Waals surface area contributed by atoms with E-state index in [4.69, 9.17) is 4.74 Å². The Kier molecular flexibility index (Phi) is 6.69. The van der Waals surface area contributed by atoms with Crippen molar-refractivity contribution in [1.82, 2.24) is 34.7 Å². The second kappa shape index (κ2) is 10.0. The molecule has 0 aromatic carbocycles. The number of aryl methyl sites for hydroxylation is 1. The number of halogens is 1. The summed E-state index contributed by atoms with van der Waals surface area (Å²) in [5.41, 5.74) is 2.03. The van der Waals surface area contributed by atoms with Crippen molar-refractivity contribution in [3.63, 3.8) is 0 Å². The van der Waals surface area contributed by atoms with Gasteiger partial charge in [-0.2, -0.15) is 0 Å². The standard InChI is InChI=1S/C24H29FN8O2/c1-15-28-20(16-5-11-35-12-6-16)22(29-15)21-18(25)14-27-24(31-21)30-19-4-3-17(13-26-19)23(34)33-9-7-32(2)8-10-33/h3-4,13-14,16H,5-12H2,1-2H3,(H,28,29)(H,26,27,30,31). The van der Waals surface area contributed by atoms with Gasteiger partial charge in [0, 0.05) is 57.2 Å². The second-order valence-corrected chi connectivity index (χ2v) is 9.01. The van der Waals surface area contributed by atoms with E-state index in [2.05, 4.69) is 35.1 Å². The van der Waals surface area contributed by atoms with Crippen molar-refractivity contribution >= 4 is 17.7 Å². The van der Waals surface area contributed by atoms with Crippen LogP contribution in [0.15, 0.2) is 24.5 Å². The number of amides is 1. The Balaban J connectivity index is 1.33. The first kappa shape index (κ1) is 23.3. The SMILES string of the molecule is Cc1nc(-c2nc(Nc3ccc(C(=O)N4CCN(C)CC4)cn3)ncc2F)c(C2CCOCC2)[nH]1. The van der Waals surface area contributed by atoms with Gasteiger partial charge in [0.1, 0.15) is 23.0 Å². The van der Waals surface area contributed by atoms with Crippen molar-refractivity contribution < 1.29 is 13.9 Å². The molecule has 1 amide bonds. The quantitative estimate of drug-likeness (QED) is 0.573. The van der Waals surface area contributed by atoms with Gasteiger partial charge in [-0.1, -0.05) is 0 Å². The number of H-pyrrole nitrogens is 1. The molecule has 5 rings (SSSR count). The van der Waals surface area contributed by atoms with E-state index in [0.29, 0.717) is 49.2 Å². The summed E-state index contributed by atoms with van der Waals surface area (Å²) in [5, 5.41) is 3.01. The van der Waals surface area contributed by atoms with E-state index >= 15 is 0 Å². The first-order valence-electron chi connectivity index (χ1n) is 11.9. The summed E-state index contributed by atoms with van der Waals surface area (Å²) in [4.78, 5) is 37.4. The van der Waals surface area contributed by atoms with Crippen LogP contribution < -0.4 is 5.32 Å². The number of pyridine rings is 1. The highest BCUT2D eigenvalue weighted by molar-refractivity contribution is 5.94. The Morgan fingerprint density at radius 2 is 1.86 bits per heavy atom. The van der Waals surface area contributed by atoms with Crippen molar-refractivity contribution in [3.05, 3.63) is 47.4 Å². The number of carbonyl (C=O) groups is 1. The van der Waals surface area contributed by atoms with Gasteiger partial charge in [0.25, 0.3) is 5.91 Å². The van der Waals surface area contributed by atoms with Gasteiger partial charge in [0.2, 0.25) is 5.95 Å². The third kappa shape index (κ3) is 5.15. The molecule has 35 heavy (non-hydrogen) atoms. The van der Waals surface area contributed by atoms with Crippen LogP contribution in [0.25, 0.3) is 11.4 Å². The van der Waals surface area contributed by atoms with Gasteiger partial charge in [0.15, 0.2) is 5.82 Å². The Hall–Kier alpha value is -3.44. The van der Waals surface area contributed by atoms with Crippen LogP contribution in [0.2, 0.25) is 0 Å². The van der Waals surface area contributed by atoms with E-state index in [1.54, 1.807) is 12.1 Å². The molecule has 2 aliphatic heterocycles. The van der Waals surface area contributed by atoms with Gasteiger partial charge in [-0.3, -0.25) is 4.79 Å². The summed E-state index contributed by atoms with van der Waals surface area (Å²) in [7, 11) is 2.05. The number of piperazine rings is 1. The number of imidazole rings is 1. The number of anilines is 2. The fourth-order valence-corrected chi connectivity index (χ4v) is 4.47. The molecule has 5 heterocycles. The highest BCUT2D eigenvalue weighted by Gasteiger charge is 2.25. The molecule has 10 nitrogen and oxygen atoms in total. The molecule has 184 valence electrons. The van der Waals surface area contributed by atoms with E-state index in [1.165, 1.54) is 6.20 Å². The molecule has 0 unspecified atom stereocenters. The number of rotatable bonds is 5. The summed E-state index contributed by atoms with van der Waals surface area (Å²) in [6.07, 6.45) is 4.35. The van der Waals surface area contributed by atoms with Gasteiger partial charge in [-0.25, -0.2) is 24.3 Å². The molecule has 2 fully saturated rings. The molecule has 2 aliphatic rings. The normalized spacial score (nSPS) is 17.5. The van der Waals surface area contributed by atoms with Crippen LogP contribution in [0.3, 0.4) is 0 Å². The van der Waals surface area contributed by atoms with Crippen molar-refractivity contribution in [2.75, 3.05) is 51.8 Å². The van der Waals surface area contributed by atoms with E-state index in [9.17, 15) is 9.18 Å². The number of hydrogen-bond donors (Lipinski definition) is 2. The first-order valence-corrected chi connectivity index (χ1v) is 11.9. The Morgan fingerprint density at radius 3 is 2.57 bits per heavy atom. The minimum atomic E-state index is -0.545. The minimum Gasteiger partial charge on any atom is -0.381 e. The molecule has 3 aromatic rings. The smallest absolute Gasteiger partial charge is 0.255 e. The van der Waals surface area contributed by atoms with Gasteiger partial charge < -0.3 is 24.8 Å². The molecule has 0 aliphatic carbocycles. The van der Waals surface area contributed by atoms with E-state index < -0.39 is 5.82 Å². The fraction of sp³-hybridized carbons (Fsp3) is 0.458. The maximum atomic E-state index is 14.8. The number of nitrogens with zero attached hydrogens (tertiary/aromatic N) is 6. The van der Waals surface area contributed by atoms with Crippen LogP contribution in [0.1, 0.15) is 40.6 Å². The molecule has 0 bridgehead atoms. The number of ether oxygens (including phenoxy) is 1. The van der Waals surface area contributed by atoms with Crippen LogP contribution >= 0.6 is 0 Å². The molecular formula is C24H29FN8O2. The van der Waals surface area contributed by atoms with Crippen LogP contribution in [-0.4, -0.2) is 87.1 Å². The molecule has 0 atom stereocenters. The Bertz CT molecular complexity index is 1180.